The van der Waals surface area contributed by atoms with Gasteiger partial charge in [-0.15, -0.1) is 11.3 Å². The van der Waals surface area contributed by atoms with E-state index in [1.807, 2.05) is 0 Å². The van der Waals surface area contributed by atoms with E-state index in [0.29, 0.717) is 10.6 Å². The van der Waals surface area contributed by atoms with Gasteiger partial charge in [0.1, 0.15) is 5.00 Å². The lowest BCUT2D eigenvalue weighted by atomic mass is 10.2. The van der Waals surface area contributed by atoms with Crippen LogP contribution in [0.25, 0.3) is 0 Å². The van der Waals surface area contributed by atoms with Crippen LogP contribution in [-0.4, -0.2) is 23.9 Å². The molecule has 3 N–H and O–H groups in total. The van der Waals surface area contributed by atoms with Crippen molar-refractivity contribution in [2.75, 3.05) is 5.32 Å². The third kappa shape index (κ3) is 3.70. The van der Waals surface area contributed by atoms with E-state index in [0.717, 1.165) is 0 Å². The van der Waals surface area contributed by atoms with Crippen LogP contribution in [0.2, 0.25) is 0 Å². The van der Waals surface area contributed by atoms with Gasteiger partial charge in [0.05, 0.1) is 11.1 Å². The Balaban J connectivity index is 1.99. The minimum atomic E-state index is -1.00. The standard InChI is InChI=1S/C15H14N2O4S/c1-9(21-15(20)10-5-3-2-4-6-10)13(19)17-14-11(12(16)18)7-8-22-14/h2-9H,1H3,(H2,16,18)(H,17,19)/t9-/m1/s1. The second-order valence-corrected chi connectivity index (χ2v) is 5.35. The molecule has 0 radical (unpaired) electrons. The topological polar surface area (TPSA) is 98.5 Å². The fourth-order valence-corrected chi connectivity index (χ4v) is 2.47. The Hall–Kier alpha value is -2.67. The van der Waals surface area contributed by atoms with Crippen molar-refractivity contribution in [1.29, 1.82) is 0 Å². The van der Waals surface area contributed by atoms with E-state index in [9.17, 15) is 14.4 Å². The first-order valence-corrected chi connectivity index (χ1v) is 7.31. The number of ether oxygens (including phenoxy) is 1. The van der Waals surface area contributed by atoms with Gasteiger partial charge in [0.2, 0.25) is 0 Å². The molecule has 0 aliphatic carbocycles. The van der Waals surface area contributed by atoms with Gasteiger partial charge in [-0.2, -0.15) is 0 Å². The van der Waals surface area contributed by atoms with Gasteiger partial charge in [-0.25, -0.2) is 4.79 Å². The van der Waals surface area contributed by atoms with Crippen molar-refractivity contribution in [3.05, 3.63) is 52.9 Å². The first-order valence-electron chi connectivity index (χ1n) is 6.43. The Kier molecular flexibility index (Phi) is 4.90. The number of anilines is 1. The molecule has 22 heavy (non-hydrogen) atoms. The van der Waals surface area contributed by atoms with E-state index in [-0.39, 0.29) is 5.56 Å². The Labute approximate surface area is 130 Å². The number of nitrogens with two attached hydrogens (primary N) is 1. The lowest BCUT2D eigenvalue weighted by Gasteiger charge is -2.13. The molecule has 1 aromatic carbocycles. The van der Waals surface area contributed by atoms with Crippen LogP contribution in [-0.2, 0) is 9.53 Å². The highest BCUT2D eigenvalue weighted by molar-refractivity contribution is 7.14. The third-order valence-electron chi connectivity index (χ3n) is 2.83. The smallest absolute Gasteiger partial charge is 0.338 e. The minimum Gasteiger partial charge on any atom is -0.449 e. The average molecular weight is 318 g/mol. The molecule has 2 aromatic rings. The molecule has 0 spiro atoms. The molecular formula is C15H14N2O4S. The highest BCUT2D eigenvalue weighted by atomic mass is 32.1. The molecule has 1 heterocycles. The van der Waals surface area contributed by atoms with Crippen molar-refractivity contribution >= 4 is 34.1 Å². The lowest BCUT2D eigenvalue weighted by Crippen LogP contribution is -2.30. The Bertz CT molecular complexity index is 697. The number of benzene rings is 1. The summed E-state index contributed by atoms with van der Waals surface area (Å²) in [6, 6.07) is 9.88. The van der Waals surface area contributed by atoms with Crippen LogP contribution >= 0.6 is 11.3 Å². The molecule has 0 saturated heterocycles. The summed E-state index contributed by atoms with van der Waals surface area (Å²) in [5.74, 6) is -1.76. The lowest BCUT2D eigenvalue weighted by molar-refractivity contribution is -0.123. The number of rotatable bonds is 5. The van der Waals surface area contributed by atoms with Gasteiger partial charge in [0.25, 0.3) is 11.8 Å². The number of amides is 2. The molecule has 0 aliphatic rings. The third-order valence-corrected chi connectivity index (χ3v) is 3.66. The zero-order chi connectivity index (χ0) is 16.1. The SMILES string of the molecule is C[C@@H](OC(=O)c1ccccc1)C(=O)Nc1sccc1C(N)=O. The van der Waals surface area contributed by atoms with Gasteiger partial charge in [-0.1, -0.05) is 18.2 Å². The van der Waals surface area contributed by atoms with E-state index in [1.54, 1.807) is 35.7 Å². The quantitative estimate of drug-likeness (QED) is 0.824. The maximum atomic E-state index is 12.0. The molecule has 0 fully saturated rings. The number of hydrogen-bond acceptors (Lipinski definition) is 5. The van der Waals surface area contributed by atoms with Crippen molar-refractivity contribution < 1.29 is 19.1 Å². The average Bonchev–Trinajstić information content (AvgIpc) is 2.96. The van der Waals surface area contributed by atoms with Gasteiger partial charge in [0.15, 0.2) is 6.10 Å². The molecule has 0 unspecified atom stereocenters. The van der Waals surface area contributed by atoms with Crippen molar-refractivity contribution in [3.63, 3.8) is 0 Å². The molecular weight excluding hydrogens is 304 g/mol. The first kappa shape index (κ1) is 15.7. The molecule has 0 saturated carbocycles. The number of carbonyl (C=O) groups is 3. The summed E-state index contributed by atoms with van der Waals surface area (Å²) in [5.41, 5.74) is 5.78. The fraction of sp³-hybridized carbons (Fsp3) is 0.133. The molecule has 7 heteroatoms. The van der Waals surface area contributed by atoms with Crippen LogP contribution in [0.3, 0.4) is 0 Å². The van der Waals surface area contributed by atoms with E-state index in [1.165, 1.54) is 24.3 Å². The molecule has 114 valence electrons. The first-order chi connectivity index (χ1) is 10.5. The summed E-state index contributed by atoms with van der Waals surface area (Å²) in [4.78, 5) is 35.1. The monoisotopic (exact) mass is 318 g/mol. The van der Waals surface area contributed by atoms with Crippen LogP contribution in [0.5, 0.6) is 0 Å². The van der Waals surface area contributed by atoms with Crippen LogP contribution in [0.4, 0.5) is 5.00 Å². The van der Waals surface area contributed by atoms with Gasteiger partial charge >= 0.3 is 5.97 Å². The molecule has 2 amide bonds. The highest BCUT2D eigenvalue weighted by Crippen LogP contribution is 2.23. The summed E-state index contributed by atoms with van der Waals surface area (Å²) in [6.45, 7) is 1.45. The van der Waals surface area contributed by atoms with E-state index in [2.05, 4.69) is 5.32 Å². The Morgan fingerprint density at radius 2 is 1.86 bits per heavy atom. The summed E-state index contributed by atoms with van der Waals surface area (Å²) in [6.07, 6.45) is -1.00. The number of carbonyl (C=O) groups excluding carboxylic acids is 3. The van der Waals surface area contributed by atoms with Gasteiger partial charge < -0.3 is 15.8 Å². The number of hydrogen-bond donors (Lipinski definition) is 2. The highest BCUT2D eigenvalue weighted by Gasteiger charge is 2.21. The number of nitrogens with one attached hydrogen (secondary N) is 1. The van der Waals surface area contributed by atoms with Crippen molar-refractivity contribution in [3.8, 4) is 0 Å². The van der Waals surface area contributed by atoms with Crippen molar-refractivity contribution in [2.45, 2.75) is 13.0 Å². The second-order valence-electron chi connectivity index (χ2n) is 4.43. The molecule has 6 nitrogen and oxygen atoms in total. The number of esters is 1. The van der Waals surface area contributed by atoms with Crippen molar-refractivity contribution in [1.82, 2.24) is 0 Å². The van der Waals surface area contributed by atoms with Crippen LogP contribution in [0, 0.1) is 0 Å². The van der Waals surface area contributed by atoms with Crippen LogP contribution in [0.15, 0.2) is 41.8 Å². The molecule has 0 bridgehead atoms. The predicted molar refractivity (Wildman–Crippen MR) is 82.8 cm³/mol. The maximum absolute atomic E-state index is 12.0. The Morgan fingerprint density at radius 3 is 2.50 bits per heavy atom. The summed E-state index contributed by atoms with van der Waals surface area (Å²) < 4.78 is 5.08. The van der Waals surface area contributed by atoms with Crippen molar-refractivity contribution in [2.24, 2.45) is 5.73 Å². The summed E-state index contributed by atoms with van der Waals surface area (Å²) >= 11 is 1.17. The minimum absolute atomic E-state index is 0.222. The fourth-order valence-electron chi connectivity index (χ4n) is 1.67. The zero-order valence-corrected chi connectivity index (χ0v) is 12.6. The normalized spacial score (nSPS) is 11.5. The van der Waals surface area contributed by atoms with E-state index >= 15 is 0 Å². The van der Waals surface area contributed by atoms with Gasteiger partial charge in [-0.05, 0) is 30.5 Å². The molecule has 1 atom stereocenters. The van der Waals surface area contributed by atoms with E-state index in [4.69, 9.17) is 10.5 Å². The predicted octanol–water partition coefficient (Wildman–Crippen LogP) is 2.03. The summed E-state index contributed by atoms with van der Waals surface area (Å²) in [7, 11) is 0. The van der Waals surface area contributed by atoms with Gasteiger partial charge in [-0.3, -0.25) is 9.59 Å². The number of thiophene rings is 1. The van der Waals surface area contributed by atoms with E-state index < -0.39 is 23.9 Å². The zero-order valence-electron chi connectivity index (χ0n) is 11.7. The maximum Gasteiger partial charge on any atom is 0.338 e. The molecule has 0 aliphatic heterocycles. The largest absolute Gasteiger partial charge is 0.449 e. The Morgan fingerprint density at radius 1 is 1.18 bits per heavy atom. The van der Waals surface area contributed by atoms with Gasteiger partial charge in [0, 0.05) is 0 Å². The molecule has 1 aromatic heterocycles. The number of primary amides is 1. The van der Waals surface area contributed by atoms with Crippen LogP contribution < -0.4 is 11.1 Å². The second kappa shape index (κ2) is 6.86. The summed E-state index contributed by atoms with van der Waals surface area (Å²) in [5, 5.41) is 4.50. The van der Waals surface area contributed by atoms with Crippen LogP contribution in [0.1, 0.15) is 27.6 Å². The molecule has 2 rings (SSSR count).